The van der Waals surface area contributed by atoms with Crippen LogP contribution >= 0.6 is 0 Å². The quantitative estimate of drug-likeness (QED) is 0.837. The van der Waals surface area contributed by atoms with Crippen molar-refractivity contribution in [3.05, 3.63) is 70.8 Å². The fourth-order valence-electron chi connectivity index (χ4n) is 2.85. The van der Waals surface area contributed by atoms with Gasteiger partial charge in [-0.2, -0.15) is 0 Å². The second kappa shape index (κ2) is 6.75. The highest BCUT2D eigenvalue weighted by atomic mass is 32.2. The fraction of sp³-hybridized carbons (Fsp3) is 0.278. The Labute approximate surface area is 142 Å². The number of benzene rings is 2. The number of amides is 1. The number of carbonyl (C=O) groups excluding carboxylic acids is 1. The molecule has 0 spiro atoms. The summed E-state index contributed by atoms with van der Waals surface area (Å²) in [4.78, 5) is 12.3. The number of sulfonamides is 1. The predicted molar refractivity (Wildman–Crippen MR) is 92.9 cm³/mol. The molecule has 126 valence electrons. The number of carbonyl (C=O) groups is 1. The largest absolute Gasteiger partial charge is 0.351 e. The molecular formula is C18H20N2O3S. The first kappa shape index (κ1) is 16.7. The van der Waals surface area contributed by atoms with Crippen LogP contribution in [0.3, 0.4) is 0 Å². The summed E-state index contributed by atoms with van der Waals surface area (Å²) in [6.07, 6.45) is 0.794. The van der Waals surface area contributed by atoms with Crippen molar-refractivity contribution in [3.8, 4) is 0 Å². The number of fused-ring (bicyclic) bond motifs is 1. The van der Waals surface area contributed by atoms with Gasteiger partial charge in [-0.1, -0.05) is 48.5 Å². The van der Waals surface area contributed by atoms with Crippen molar-refractivity contribution in [1.82, 2.24) is 10.0 Å². The van der Waals surface area contributed by atoms with Gasteiger partial charge >= 0.3 is 0 Å². The molecule has 1 unspecified atom stereocenters. The van der Waals surface area contributed by atoms with Gasteiger partial charge in [0.2, 0.25) is 15.9 Å². The highest BCUT2D eigenvalue weighted by Crippen LogP contribution is 2.34. The lowest BCUT2D eigenvalue weighted by Crippen LogP contribution is -2.35. The van der Waals surface area contributed by atoms with Crippen molar-refractivity contribution < 1.29 is 13.2 Å². The molecule has 1 aliphatic rings. The van der Waals surface area contributed by atoms with Gasteiger partial charge in [-0.25, -0.2) is 13.1 Å². The van der Waals surface area contributed by atoms with Gasteiger partial charge < -0.3 is 5.32 Å². The van der Waals surface area contributed by atoms with Gasteiger partial charge in [0.15, 0.2) is 0 Å². The molecule has 2 N–H and O–H groups in total. The monoisotopic (exact) mass is 344 g/mol. The van der Waals surface area contributed by atoms with E-state index in [1.165, 1.54) is 12.6 Å². The summed E-state index contributed by atoms with van der Waals surface area (Å²) in [5.41, 5.74) is 4.02. The molecular weight excluding hydrogens is 324 g/mol. The number of hydrogen-bond donors (Lipinski definition) is 2. The highest BCUT2D eigenvalue weighted by Gasteiger charge is 2.31. The van der Waals surface area contributed by atoms with Gasteiger partial charge in [-0.05, 0) is 35.7 Å². The Bertz CT molecular complexity index is 845. The molecule has 6 heteroatoms. The SMILES string of the molecule is CNS(=O)(=O)Cc1ccc(CNC(=O)C2Cc3ccccc32)cc1. The second-order valence-electron chi connectivity index (χ2n) is 5.95. The normalized spacial score (nSPS) is 16.1. The number of rotatable bonds is 6. The van der Waals surface area contributed by atoms with Crippen LogP contribution in [0.25, 0.3) is 0 Å². The highest BCUT2D eigenvalue weighted by molar-refractivity contribution is 7.88. The molecule has 1 atom stereocenters. The molecule has 24 heavy (non-hydrogen) atoms. The summed E-state index contributed by atoms with van der Waals surface area (Å²) in [5, 5.41) is 2.95. The summed E-state index contributed by atoms with van der Waals surface area (Å²) in [7, 11) is -1.87. The van der Waals surface area contributed by atoms with E-state index in [4.69, 9.17) is 0 Å². The molecule has 1 aliphatic carbocycles. The van der Waals surface area contributed by atoms with Gasteiger partial charge in [-0.15, -0.1) is 0 Å². The molecule has 5 nitrogen and oxygen atoms in total. The van der Waals surface area contributed by atoms with E-state index in [2.05, 4.69) is 16.1 Å². The van der Waals surface area contributed by atoms with Crippen LogP contribution in [0.2, 0.25) is 0 Å². The van der Waals surface area contributed by atoms with Crippen LogP contribution in [0, 0.1) is 0 Å². The molecule has 1 amide bonds. The summed E-state index contributed by atoms with van der Waals surface area (Å²) < 4.78 is 25.3. The average molecular weight is 344 g/mol. The van der Waals surface area contributed by atoms with Crippen LogP contribution in [-0.4, -0.2) is 21.4 Å². The van der Waals surface area contributed by atoms with Crippen LogP contribution in [0.4, 0.5) is 0 Å². The lowest BCUT2D eigenvalue weighted by atomic mass is 9.77. The predicted octanol–water partition coefficient (Wildman–Crippen LogP) is 1.69. The minimum atomic E-state index is -3.27. The van der Waals surface area contributed by atoms with Crippen LogP contribution in [0.5, 0.6) is 0 Å². The minimum absolute atomic E-state index is 0.0375. The van der Waals surface area contributed by atoms with Crippen molar-refractivity contribution in [2.75, 3.05) is 7.05 Å². The van der Waals surface area contributed by atoms with Gasteiger partial charge in [0.1, 0.15) is 0 Å². The molecule has 0 fully saturated rings. The Hall–Kier alpha value is -2.18. The Morgan fingerprint density at radius 2 is 1.75 bits per heavy atom. The maximum absolute atomic E-state index is 12.3. The zero-order chi connectivity index (χ0) is 17.2. The van der Waals surface area contributed by atoms with Crippen LogP contribution in [-0.2, 0) is 33.5 Å². The van der Waals surface area contributed by atoms with Gasteiger partial charge in [0.05, 0.1) is 11.7 Å². The van der Waals surface area contributed by atoms with Crippen LogP contribution < -0.4 is 10.0 Å². The molecule has 0 saturated carbocycles. The standard InChI is InChI=1S/C18H20N2O3S/c1-19-24(22,23)12-14-8-6-13(7-9-14)11-20-18(21)17-10-15-4-2-3-5-16(15)17/h2-9,17,19H,10-12H2,1H3,(H,20,21). The van der Waals surface area contributed by atoms with E-state index in [1.807, 2.05) is 30.3 Å². The molecule has 0 aliphatic heterocycles. The molecule has 0 radical (unpaired) electrons. The van der Waals surface area contributed by atoms with Crippen LogP contribution in [0.1, 0.15) is 28.2 Å². The lowest BCUT2D eigenvalue weighted by molar-refractivity contribution is -0.123. The van der Waals surface area contributed by atoms with Gasteiger partial charge in [0.25, 0.3) is 0 Å². The smallest absolute Gasteiger partial charge is 0.228 e. The van der Waals surface area contributed by atoms with Crippen molar-refractivity contribution in [1.29, 1.82) is 0 Å². The minimum Gasteiger partial charge on any atom is -0.351 e. The number of hydrogen-bond acceptors (Lipinski definition) is 3. The maximum Gasteiger partial charge on any atom is 0.228 e. The van der Waals surface area contributed by atoms with Crippen molar-refractivity contribution in [2.45, 2.75) is 24.6 Å². The van der Waals surface area contributed by atoms with Crippen LogP contribution in [0.15, 0.2) is 48.5 Å². The van der Waals surface area contributed by atoms with E-state index in [9.17, 15) is 13.2 Å². The Kier molecular flexibility index (Phi) is 4.69. The van der Waals surface area contributed by atoms with E-state index < -0.39 is 10.0 Å². The Morgan fingerprint density at radius 3 is 2.42 bits per heavy atom. The fourth-order valence-corrected chi connectivity index (χ4v) is 3.63. The summed E-state index contributed by atoms with van der Waals surface area (Å²) >= 11 is 0. The summed E-state index contributed by atoms with van der Waals surface area (Å²) in [5.74, 6) is -0.0635. The van der Waals surface area contributed by atoms with Gasteiger partial charge in [-0.3, -0.25) is 4.79 Å². The van der Waals surface area contributed by atoms with E-state index in [0.717, 1.165) is 17.5 Å². The Morgan fingerprint density at radius 1 is 1.08 bits per heavy atom. The molecule has 3 rings (SSSR count). The third-order valence-corrected chi connectivity index (χ3v) is 5.66. The van der Waals surface area contributed by atoms with E-state index in [0.29, 0.717) is 12.1 Å². The van der Waals surface area contributed by atoms with E-state index in [1.54, 1.807) is 12.1 Å². The zero-order valence-corrected chi connectivity index (χ0v) is 14.3. The van der Waals surface area contributed by atoms with Gasteiger partial charge in [0, 0.05) is 6.54 Å². The second-order valence-corrected chi connectivity index (χ2v) is 7.88. The summed E-state index contributed by atoms with van der Waals surface area (Å²) in [6.45, 7) is 0.441. The average Bonchev–Trinajstić information content (AvgIpc) is 2.55. The third-order valence-electron chi connectivity index (χ3n) is 4.33. The first-order valence-corrected chi connectivity index (χ1v) is 9.48. The summed E-state index contributed by atoms with van der Waals surface area (Å²) in [6, 6.07) is 15.2. The number of nitrogens with one attached hydrogen (secondary N) is 2. The third kappa shape index (κ3) is 3.66. The maximum atomic E-state index is 12.3. The Balaban J connectivity index is 1.55. The van der Waals surface area contributed by atoms with Crippen molar-refractivity contribution >= 4 is 15.9 Å². The first-order chi connectivity index (χ1) is 11.5. The van der Waals surface area contributed by atoms with Crippen molar-refractivity contribution in [2.24, 2.45) is 0 Å². The van der Waals surface area contributed by atoms with E-state index >= 15 is 0 Å². The zero-order valence-electron chi connectivity index (χ0n) is 13.5. The topological polar surface area (TPSA) is 75.3 Å². The molecule has 0 saturated heterocycles. The molecule has 2 aromatic rings. The molecule has 2 aromatic carbocycles. The molecule has 0 heterocycles. The first-order valence-electron chi connectivity index (χ1n) is 7.83. The van der Waals surface area contributed by atoms with Crippen molar-refractivity contribution in [3.63, 3.8) is 0 Å². The molecule has 0 aromatic heterocycles. The molecule has 0 bridgehead atoms. The lowest BCUT2D eigenvalue weighted by Gasteiger charge is -2.28. The van der Waals surface area contributed by atoms with E-state index in [-0.39, 0.29) is 17.6 Å².